The number of hydrogen-bond acceptors (Lipinski definition) is 1. The standard InChI is InChI=1S/C16H14O/c17-13-12-16-10-8-15(9-11-16)7-6-14-4-2-1-3-5-14/h1-11,13H,12H2. The zero-order chi connectivity index (χ0) is 11.9. The molecule has 0 fully saturated rings. The fourth-order valence-electron chi connectivity index (χ4n) is 1.62. The van der Waals surface area contributed by atoms with Gasteiger partial charge in [-0.2, -0.15) is 0 Å². The van der Waals surface area contributed by atoms with Crippen LogP contribution in [0.3, 0.4) is 0 Å². The van der Waals surface area contributed by atoms with Crippen molar-refractivity contribution in [2.24, 2.45) is 0 Å². The fourth-order valence-corrected chi connectivity index (χ4v) is 1.62. The van der Waals surface area contributed by atoms with E-state index in [-0.39, 0.29) is 0 Å². The van der Waals surface area contributed by atoms with Crippen molar-refractivity contribution in [3.8, 4) is 0 Å². The lowest BCUT2D eigenvalue weighted by molar-refractivity contribution is -0.107. The highest BCUT2D eigenvalue weighted by Gasteiger charge is 1.91. The molecule has 0 aliphatic carbocycles. The largest absolute Gasteiger partial charge is 0.303 e. The van der Waals surface area contributed by atoms with E-state index in [9.17, 15) is 4.79 Å². The van der Waals surface area contributed by atoms with E-state index < -0.39 is 0 Å². The normalized spacial score (nSPS) is 10.6. The molecule has 0 spiro atoms. The van der Waals surface area contributed by atoms with Crippen molar-refractivity contribution >= 4 is 18.4 Å². The average molecular weight is 222 g/mol. The molecule has 0 aliphatic rings. The van der Waals surface area contributed by atoms with Gasteiger partial charge in [-0.05, 0) is 16.7 Å². The maximum absolute atomic E-state index is 10.4. The molecule has 0 bridgehead atoms. The molecule has 2 aromatic carbocycles. The summed E-state index contributed by atoms with van der Waals surface area (Å²) in [5.41, 5.74) is 3.38. The summed E-state index contributed by atoms with van der Waals surface area (Å²) in [5.74, 6) is 0. The Morgan fingerprint density at radius 2 is 1.35 bits per heavy atom. The van der Waals surface area contributed by atoms with Crippen molar-refractivity contribution < 1.29 is 4.79 Å². The number of carbonyl (C=O) groups is 1. The molecule has 0 atom stereocenters. The number of hydrogen-bond donors (Lipinski definition) is 0. The molecule has 0 aromatic heterocycles. The Kier molecular flexibility index (Phi) is 3.87. The van der Waals surface area contributed by atoms with Gasteiger partial charge in [0.25, 0.3) is 0 Å². The van der Waals surface area contributed by atoms with Gasteiger partial charge < -0.3 is 4.79 Å². The highest BCUT2D eigenvalue weighted by molar-refractivity contribution is 5.69. The SMILES string of the molecule is O=CCc1ccc(C=Cc2ccccc2)cc1. The molecule has 0 heterocycles. The number of rotatable bonds is 4. The average Bonchev–Trinajstić information content (AvgIpc) is 2.40. The molecule has 2 aromatic rings. The van der Waals surface area contributed by atoms with E-state index in [0.29, 0.717) is 6.42 Å². The third kappa shape index (κ3) is 3.42. The van der Waals surface area contributed by atoms with Crippen LogP contribution in [0.15, 0.2) is 54.6 Å². The van der Waals surface area contributed by atoms with Gasteiger partial charge in [0, 0.05) is 6.42 Å². The molecule has 0 N–H and O–H groups in total. The van der Waals surface area contributed by atoms with E-state index in [2.05, 4.69) is 24.3 Å². The molecule has 2 rings (SSSR count). The third-order valence-electron chi connectivity index (χ3n) is 2.57. The van der Waals surface area contributed by atoms with Crippen LogP contribution in [0.2, 0.25) is 0 Å². The second-order valence-corrected chi connectivity index (χ2v) is 3.86. The van der Waals surface area contributed by atoms with Gasteiger partial charge in [-0.25, -0.2) is 0 Å². The maximum atomic E-state index is 10.4. The fraction of sp³-hybridized carbons (Fsp3) is 0.0625. The van der Waals surface area contributed by atoms with Gasteiger partial charge in [0.1, 0.15) is 6.29 Å². The van der Waals surface area contributed by atoms with Crippen molar-refractivity contribution in [2.45, 2.75) is 6.42 Å². The molecule has 0 radical (unpaired) electrons. The van der Waals surface area contributed by atoms with E-state index in [0.717, 1.165) is 17.4 Å². The molecule has 0 amide bonds. The summed E-state index contributed by atoms with van der Waals surface area (Å²) < 4.78 is 0. The lowest BCUT2D eigenvalue weighted by atomic mass is 10.1. The van der Waals surface area contributed by atoms with Crippen LogP contribution < -0.4 is 0 Å². The summed E-state index contributed by atoms with van der Waals surface area (Å²) >= 11 is 0. The summed E-state index contributed by atoms with van der Waals surface area (Å²) in [7, 11) is 0. The van der Waals surface area contributed by atoms with Gasteiger partial charge >= 0.3 is 0 Å². The lowest BCUT2D eigenvalue weighted by Gasteiger charge is -1.97. The zero-order valence-electron chi connectivity index (χ0n) is 9.54. The van der Waals surface area contributed by atoms with E-state index in [1.165, 1.54) is 5.56 Å². The van der Waals surface area contributed by atoms with Gasteiger partial charge in [-0.15, -0.1) is 0 Å². The summed E-state index contributed by atoms with van der Waals surface area (Å²) in [6, 6.07) is 18.2. The van der Waals surface area contributed by atoms with Crippen LogP contribution >= 0.6 is 0 Å². The second kappa shape index (κ2) is 5.80. The van der Waals surface area contributed by atoms with Crippen LogP contribution in [-0.4, -0.2) is 6.29 Å². The second-order valence-electron chi connectivity index (χ2n) is 3.86. The molecular formula is C16H14O. The molecule has 17 heavy (non-hydrogen) atoms. The highest BCUT2D eigenvalue weighted by atomic mass is 16.1. The maximum Gasteiger partial charge on any atom is 0.124 e. The van der Waals surface area contributed by atoms with Crippen molar-refractivity contribution in [1.82, 2.24) is 0 Å². The minimum absolute atomic E-state index is 0.489. The Bertz CT molecular complexity index is 495. The van der Waals surface area contributed by atoms with Crippen LogP contribution in [0.25, 0.3) is 12.2 Å². The van der Waals surface area contributed by atoms with Crippen molar-refractivity contribution in [3.63, 3.8) is 0 Å². The topological polar surface area (TPSA) is 17.1 Å². The van der Waals surface area contributed by atoms with Gasteiger partial charge in [0.15, 0.2) is 0 Å². The van der Waals surface area contributed by atoms with Crippen LogP contribution in [0.5, 0.6) is 0 Å². The van der Waals surface area contributed by atoms with Gasteiger partial charge in [0.05, 0.1) is 0 Å². The monoisotopic (exact) mass is 222 g/mol. The van der Waals surface area contributed by atoms with Gasteiger partial charge in [-0.1, -0.05) is 66.7 Å². The first kappa shape index (κ1) is 11.3. The lowest BCUT2D eigenvalue weighted by Crippen LogP contribution is -1.84. The highest BCUT2D eigenvalue weighted by Crippen LogP contribution is 2.09. The number of carbonyl (C=O) groups excluding carboxylic acids is 1. The third-order valence-corrected chi connectivity index (χ3v) is 2.57. The van der Waals surface area contributed by atoms with E-state index in [1.807, 2.05) is 42.5 Å². The van der Waals surface area contributed by atoms with E-state index >= 15 is 0 Å². The Labute approximate surface area is 101 Å². The summed E-state index contributed by atoms with van der Waals surface area (Å²) in [6.45, 7) is 0. The van der Waals surface area contributed by atoms with Crippen LogP contribution in [0.4, 0.5) is 0 Å². The van der Waals surface area contributed by atoms with Crippen molar-refractivity contribution in [3.05, 3.63) is 71.3 Å². The quantitative estimate of drug-likeness (QED) is 0.570. The van der Waals surface area contributed by atoms with Gasteiger partial charge in [-0.3, -0.25) is 0 Å². The first-order valence-corrected chi connectivity index (χ1v) is 5.64. The number of benzene rings is 2. The van der Waals surface area contributed by atoms with Crippen molar-refractivity contribution in [2.75, 3.05) is 0 Å². The molecule has 0 aliphatic heterocycles. The number of aldehydes is 1. The van der Waals surface area contributed by atoms with Crippen molar-refractivity contribution in [1.29, 1.82) is 0 Å². The summed E-state index contributed by atoms with van der Waals surface area (Å²) in [6.07, 6.45) is 5.56. The molecule has 84 valence electrons. The predicted octanol–water partition coefficient (Wildman–Crippen LogP) is 3.60. The first-order chi connectivity index (χ1) is 8.38. The minimum Gasteiger partial charge on any atom is -0.303 e. The molecule has 0 saturated carbocycles. The molecule has 1 heteroatoms. The van der Waals surface area contributed by atoms with Crippen LogP contribution in [-0.2, 0) is 11.2 Å². The Balaban J connectivity index is 2.08. The Hall–Kier alpha value is -2.15. The van der Waals surface area contributed by atoms with Crippen LogP contribution in [0.1, 0.15) is 16.7 Å². The van der Waals surface area contributed by atoms with E-state index in [4.69, 9.17) is 0 Å². The zero-order valence-corrected chi connectivity index (χ0v) is 9.54. The minimum atomic E-state index is 0.489. The Morgan fingerprint density at radius 3 is 1.94 bits per heavy atom. The van der Waals surface area contributed by atoms with E-state index in [1.54, 1.807) is 0 Å². The Morgan fingerprint density at radius 1 is 0.765 bits per heavy atom. The molecular weight excluding hydrogens is 208 g/mol. The van der Waals surface area contributed by atoms with Gasteiger partial charge in [0.2, 0.25) is 0 Å². The molecule has 0 saturated heterocycles. The summed E-state index contributed by atoms with van der Waals surface area (Å²) in [4.78, 5) is 10.4. The smallest absolute Gasteiger partial charge is 0.124 e. The first-order valence-electron chi connectivity index (χ1n) is 5.64. The predicted molar refractivity (Wildman–Crippen MR) is 71.6 cm³/mol. The van der Waals surface area contributed by atoms with Crippen LogP contribution in [0, 0.1) is 0 Å². The molecule has 1 nitrogen and oxygen atoms in total. The summed E-state index contributed by atoms with van der Waals surface area (Å²) in [5, 5.41) is 0. The molecule has 0 unspecified atom stereocenters.